The van der Waals surface area contributed by atoms with Crippen molar-refractivity contribution in [2.75, 3.05) is 24.6 Å². The Kier molecular flexibility index (Phi) is 6.75. The van der Waals surface area contributed by atoms with Gasteiger partial charge in [0, 0.05) is 30.8 Å². The third-order valence-corrected chi connectivity index (χ3v) is 5.16. The van der Waals surface area contributed by atoms with E-state index in [0.717, 1.165) is 30.1 Å². The predicted molar refractivity (Wildman–Crippen MR) is 112 cm³/mol. The number of carbonyl (C=O) groups is 2. The van der Waals surface area contributed by atoms with E-state index in [1.54, 1.807) is 19.1 Å². The summed E-state index contributed by atoms with van der Waals surface area (Å²) >= 11 is 0. The summed E-state index contributed by atoms with van der Waals surface area (Å²) in [5.74, 6) is -0.0482. The van der Waals surface area contributed by atoms with E-state index in [9.17, 15) is 9.59 Å². The highest BCUT2D eigenvalue weighted by atomic mass is 16.5. The highest BCUT2D eigenvalue weighted by molar-refractivity contribution is 5.92. The Labute approximate surface area is 171 Å². The predicted octanol–water partition coefficient (Wildman–Crippen LogP) is 3.72. The van der Waals surface area contributed by atoms with Gasteiger partial charge < -0.3 is 19.7 Å². The molecule has 0 bridgehead atoms. The number of nitrogens with one attached hydrogen (secondary N) is 1. The van der Waals surface area contributed by atoms with Crippen LogP contribution in [0.1, 0.15) is 49.2 Å². The number of benzene rings is 2. The molecule has 2 unspecified atom stereocenters. The quantitative estimate of drug-likeness (QED) is 0.723. The average Bonchev–Trinajstić information content (AvgIpc) is 2.75. The molecule has 6 nitrogen and oxygen atoms in total. The van der Waals surface area contributed by atoms with Crippen LogP contribution in [0.25, 0.3) is 0 Å². The van der Waals surface area contributed by atoms with E-state index in [2.05, 4.69) is 24.1 Å². The van der Waals surface area contributed by atoms with Gasteiger partial charge in [0.2, 0.25) is 0 Å². The standard InChI is InChI=1S/C23H28N2O4/c1-4-25(5-2)18-12-10-17(11-13-18)23(27)29-16(3)22(26)24-20-14-15-28-21-9-7-6-8-19(20)21/h6-13,16,20H,4-5,14-15H2,1-3H3,(H,24,26). The number of esters is 1. The molecular weight excluding hydrogens is 368 g/mol. The van der Waals surface area contributed by atoms with Crippen molar-refractivity contribution in [2.45, 2.75) is 39.3 Å². The van der Waals surface area contributed by atoms with Crippen molar-refractivity contribution >= 4 is 17.6 Å². The van der Waals surface area contributed by atoms with Crippen molar-refractivity contribution in [1.29, 1.82) is 0 Å². The average molecular weight is 396 g/mol. The Morgan fingerprint density at radius 1 is 1.14 bits per heavy atom. The monoisotopic (exact) mass is 396 g/mol. The van der Waals surface area contributed by atoms with Gasteiger partial charge in [0.15, 0.2) is 6.10 Å². The number of para-hydroxylation sites is 1. The minimum absolute atomic E-state index is 0.151. The van der Waals surface area contributed by atoms with Crippen molar-refractivity contribution in [1.82, 2.24) is 5.32 Å². The summed E-state index contributed by atoms with van der Waals surface area (Å²) in [5.41, 5.74) is 2.42. The Balaban J connectivity index is 1.59. The largest absolute Gasteiger partial charge is 0.493 e. The summed E-state index contributed by atoms with van der Waals surface area (Å²) in [6.45, 7) is 8.09. The third kappa shape index (κ3) is 4.88. The number of hydrogen-bond donors (Lipinski definition) is 1. The lowest BCUT2D eigenvalue weighted by Crippen LogP contribution is -2.39. The number of nitrogens with zero attached hydrogens (tertiary/aromatic N) is 1. The Hall–Kier alpha value is -3.02. The van der Waals surface area contributed by atoms with Gasteiger partial charge in [-0.1, -0.05) is 18.2 Å². The molecule has 29 heavy (non-hydrogen) atoms. The van der Waals surface area contributed by atoms with Gasteiger partial charge in [-0.3, -0.25) is 4.79 Å². The molecule has 2 aromatic rings. The van der Waals surface area contributed by atoms with Gasteiger partial charge in [-0.25, -0.2) is 4.79 Å². The highest BCUT2D eigenvalue weighted by Crippen LogP contribution is 2.31. The number of amides is 1. The molecule has 1 heterocycles. The summed E-state index contributed by atoms with van der Waals surface area (Å²) in [7, 11) is 0. The van der Waals surface area contributed by atoms with Crippen LogP contribution in [0.5, 0.6) is 5.75 Å². The molecule has 1 amide bonds. The van der Waals surface area contributed by atoms with E-state index in [1.807, 2.05) is 36.4 Å². The first-order valence-corrected chi connectivity index (χ1v) is 10.1. The van der Waals surface area contributed by atoms with Crippen molar-refractivity contribution in [3.63, 3.8) is 0 Å². The Morgan fingerprint density at radius 3 is 2.52 bits per heavy atom. The molecule has 2 aromatic carbocycles. The van der Waals surface area contributed by atoms with Crippen LogP contribution >= 0.6 is 0 Å². The first-order chi connectivity index (χ1) is 14.0. The molecule has 1 N–H and O–H groups in total. The molecule has 0 fully saturated rings. The summed E-state index contributed by atoms with van der Waals surface area (Å²) < 4.78 is 11.0. The summed E-state index contributed by atoms with van der Waals surface area (Å²) in [6.07, 6.45) is -0.212. The van der Waals surface area contributed by atoms with E-state index < -0.39 is 12.1 Å². The van der Waals surface area contributed by atoms with E-state index in [1.165, 1.54) is 0 Å². The molecule has 0 radical (unpaired) electrons. The van der Waals surface area contributed by atoms with Crippen LogP contribution in [0.15, 0.2) is 48.5 Å². The zero-order valence-corrected chi connectivity index (χ0v) is 17.2. The smallest absolute Gasteiger partial charge is 0.338 e. The van der Waals surface area contributed by atoms with Crippen molar-refractivity contribution in [3.05, 3.63) is 59.7 Å². The van der Waals surface area contributed by atoms with Gasteiger partial charge in [-0.15, -0.1) is 0 Å². The van der Waals surface area contributed by atoms with Crippen LogP contribution in [0.4, 0.5) is 5.69 Å². The van der Waals surface area contributed by atoms with Gasteiger partial charge in [-0.2, -0.15) is 0 Å². The molecule has 6 heteroatoms. The van der Waals surface area contributed by atoms with E-state index in [-0.39, 0.29) is 11.9 Å². The molecule has 0 aromatic heterocycles. The number of ether oxygens (including phenoxy) is 2. The van der Waals surface area contributed by atoms with Crippen LogP contribution in [0.2, 0.25) is 0 Å². The number of fused-ring (bicyclic) bond motifs is 1. The molecule has 154 valence electrons. The normalized spacial score (nSPS) is 16.2. The molecule has 3 rings (SSSR count). The highest BCUT2D eigenvalue weighted by Gasteiger charge is 2.26. The SMILES string of the molecule is CCN(CC)c1ccc(C(=O)OC(C)C(=O)NC2CCOc3ccccc32)cc1. The van der Waals surface area contributed by atoms with Crippen LogP contribution in [-0.2, 0) is 9.53 Å². The van der Waals surface area contributed by atoms with Crippen LogP contribution in [-0.4, -0.2) is 37.7 Å². The second-order valence-corrected chi connectivity index (χ2v) is 7.00. The Morgan fingerprint density at radius 2 is 1.83 bits per heavy atom. The van der Waals surface area contributed by atoms with E-state index in [0.29, 0.717) is 18.6 Å². The fraction of sp³-hybridized carbons (Fsp3) is 0.391. The third-order valence-electron chi connectivity index (χ3n) is 5.16. The molecule has 2 atom stereocenters. The van der Waals surface area contributed by atoms with Crippen LogP contribution in [0, 0.1) is 0 Å². The molecule has 1 aliphatic rings. The molecule has 0 saturated carbocycles. The molecular formula is C23H28N2O4. The summed E-state index contributed by atoms with van der Waals surface area (Å²) in [6, 6.07) is 14.7. The molecule has 1 aliphatic heterocycles. The van der Waals surface area contributed by atoms with Crippen molar-refractivity contribution in [3.8, 4) is 5.75 Å². The van der Waals surface area contributed by atoms with Gasteiger partial charge in [0.1, 0.15) is 5.75 Å². The topological polar surface area (TPSA) is 67.9 Å². The maximum atomic E-state index is 12.6. The van der Waals surface area contributed by atoms with Crippen molar-refractivity contribution in [2.24, 2.45) is 0 Å². The Bertz CT molecular complexity index is 846. The number of rotatable bonds is 7. The summed E-state index contributed by atoms with van der Waals surface area (Å²) in [5, 5.41) is 2.97. The number of anilines is 1. The van der Waals surface area contributed by atoms with E-state index >= 15 is 0 Å². The van der Waals surface area contributed by atoms with Gasteiger partial charge >= 0.3 is 5.97 Å². The first kappa shape index (κ1) is 20.7. The minimum Gasteiger partial charge on any atom is -0.493 e. The molecule has 0 aliphatic carbocycles. The second-order valence-electron chi connectivity index (χ2n) is 7.00. The van der Waals surface area contributed by atoms with Gasteiger partial charge in [0.05, 0.1) is 18.2 Å². The summed E-state index contributed by atoms with van der Waals surface area (Å²) in [4.78, 5) is 27.2. The lowest BCUT2D eigenvalue weighted by atomic mass is 10.0. The fourth-order valence-electron chi connectivity index (χ4n) is 3.46. The van der Waals surface area contributed by atoms with E-state index in [4.69, 9.17) is 9.47 Å². The lowest BCUT2D eigenvalue weighted by molar-refractivity contribution is -0.130. The first-order valence-electron chi connectivity index (χ1n) is 10.1. The van der Waals surface area contributed by atoms with Crippen LogP contribution in [0.3, 0.4) is 0 Å². The maximum absolute atomic E-state index is 12.6. The second kappa shape index (κ2) is 9.45. The van der Waals surface area contributed by atoms with Crippen molar-refractivity contribution < 1.29 is 19.1 Å². The zero-order chi connectivity index (χ0) is 20.8. The molecule has 0 spiro atoms. The zero-order valence-electron chi connectivity index (χ0n) is 17.2. The maximum Gasteiger partial charge on any atom is 0.338 e. The fourth-order valence-corrected chi connectivity index (χ4v) is 3.46. The van der Waals surface area contributed by atoms with Gasteiger partial charge in [0.25, 0.3) is 5.91 Å². The number of hydrogen-bond acceptors (Lipinski definition) is 5. The van der Waals surface area contributed by atoms with Gasteiger partial charge in [-0.05, 0) is 51.1 Å². The lowest BCUT2D eigenvalue weighted by Gasteiger charge is -2.27. The minimum atomic E-state index is -0.889. The molecule has 0 saturated heterocycles. The number of carbonyl (C=O) groups excluding carboxylic acids is 2. The van der Waals surface area contributed by atoms with Crippen LogP contribution < -0.4 is 15.0 Å².